The van der Waals surface area contributed by atoms with Gasteiger partial charge in [-0.15, -0.1) is 11.3 Å². The maximum Gasteiger partial charge on any atom is 0.186 e. The zero-order chi connectivity index (χ0) is 14.0. The van der Waals surface area contributed by atoms with Crippen molar-refractivity contribution in [3.8, 4) is 0 Å². The Hall–Kier alpha value is -0.610. The number of anilines is 1. The third-order valence-electron chi connectivity index (χ3n) is 4.26. The fourth-order valence-electron chi connectivity index (χ4n) is 2.91. The first-order chi connectivity index (χ1) is 9.02. The summed E-state index contributed by atoms with van der Waals surface area (Å²) in [5.74, 6) is 1.53. The molecule has 0 saturated carbocycles. The highest BCUT2D eigenvalue weighted by molar-refractivity contribution is 7.15. The van der Waals surface area contributed by atoms with E-state index in [-0.39, 0.29) is 0 Å². The summed E-state index contributed by atoms with van der Waals surface area (Å²) < 4.78 is 0. The lowest BCUT2D eigenvalue weighted by Gasteiger charge is -2.41. The average Bonchev–Trinajstić information content (AvgIpc) is 2.72. The number of aromatic nitrogens is 1. The summed E-state index contributed by atoms with van der Waals surface area (Å²) in [5.41, 5.74) is 1.19. The van der Waals surface area contributed by atoms with E-state index in [0.717, 1.165) is 31.5 Å². The molecule has 0 aromatic carbocycles. The van der Waals surface area contributed by atoms with Gasteiger partial charge in [0, 0.05) is 24.0 Å². The number of hydrogen-bond acceptors (Lipinski definition) is 4. The van der Waals surface area contributed by atoms with Crippen LogP contribution in [0, 0.1) is 18.8 Å². The minimum atomic E-state index is 0.605. The Labute approximate surface area is 121 Å². The molecule has 0 amide bonds. The number of nitrogens with zero attached hydrogens (tertiary/aromatic N) is 2. The van der Waals surface area contributed by atoms with E-state index in [4.69, 9.17) is 4.98 Å². The molecule has 1 fully saturated rings. The normalized spacial score (nSPS) is 27.8. The van der Waals surface area contributed by atoms with Gasteiger partial charge in [0.15, 0.2) is 5.13 Å². The molecule has 3 atom stereocenters. The molecule has 19 heavy (non-hydrogen) atoms. The molecule has 1 aliphatic rings. The molecule has 2 rings (SSSR count). The fraction of sp³-hybridized carbons (Fsp3) is 0.800. The zero-order valence-electron chi connectivity index (χ0n) is 12.9. The van der Waals surface area contributed by atoms with Crippen molar-refractivity contribution in [2.24, 2.45) is 11.8 Å². The highest BCUT2D eigenvalue weighted by atomic mass is 32.1. The third-order valence-corrected chi connectivity index (χ3v) is 5.45. The predicted molar refractivity (Wildman–Crippen MR) is 84.0 cm³/mol. The van der Waals surface area contributed by atoms with Crippen molar-refractivity contribution in [1.29, 1.82) is 0 Å². The largest absolute Gasteiger partial charge is 0.345 e. The first-order valence-corrected chi connectivity index (χ1v) is 8.28. The van der Waals surface area contributed by atoms with Crippen LogP contribution in [0.15, 0.2) is 0 Å². The molecule has 0 spiro atoms. The Morgan fingerprint density at radius 1 is 1.37 bits per heavy atom. The average molecular weight is 281 g/mol. The van der Waals surface area contributed by atoms with Gasteiger partial charge < -0.3 is 10.2 Å². The Bertz CT molecular complexity index is 416. The first kappa shape index (κ1) is 14.8. The molecular weight excluding hydrogens is 254 g/mol. The van der Waals surface area contributed by atoms with Gasteiger partial charge in [0.05, 0.1) is 5.69 Å². The van der Waals surface area contributed by atoms with Gasteiger partial charge in [-0.25, -0.2) is 4.98 Å². The number of piperidine rings is 1. The second kappa shape index (κ2) is 6.23. The van der Waals surface area contributed by atoms with Crippen LogP contribution in [-0.4, -0.2) is 24.1 Å². The maximum absolute atomic E-state index is 4.81. The van der Waals surface area contributed by atoms with Gasteiger partial charge in [-0.1, -0.05) is 20.8 Å². The van der Waals surface area contributed by atoms with Gasteiger partial charge in [0.1, 0.15) is 0 Å². The lowest BCUT2D eigenvalue weighted by molar-refractivity contribution is 0.297. The highest BCUT2D eigenvalue weighted by Crippen LogP contribution is 2.34. The molecule has 3 nitrogen and oxygen atoms in total. The van der Waals surface area contributed by atoms with Crippen LogP contribution in [0.4, 0.5) is 5.13 Å². The second-order valence-corrected chi connectivity index (χ2v) is 7.06. The lowest BCUT2D eigenvalue weighted by atomic mass is 9.86. The van der Waals surface area contributed by atoms with Gasteiger partial charge >= 0.3 is 0 Å². The van der Waals surface area contributed by atoms with Gasteiger partial charge in [0.2, 0.25) is 0 Å². The molecule has 1 N–H and O–H groups in total. The van der Waals surface area contributed by atoms with E-state index in [1.165, 1.54) is 22.1 Å². The van der Waals surface area contributed by atoms with E-state index in [9.17, 15) is 0 Å². The molecule has 1 aromatic rings. The van der Waals surface area contributed by atoms with E-state index in [2.05, 4.69) is 44.8 Å². The monoisotopic (exact) mass is 281 g/mol. The Morgan fingerprint density at radius 3 is 2.79 bits per heavy atom. The Kier molecular flexibility index (Phi) is 4.85. The Morgan fingerprint density at radius 2 is 2.11 bits per heavy atom. The lowest BCUT2D eigenvalue weighted by Crippen LogP contribution is -2.45. The summed E-state index contributed by atoms with van der Waals surface area (Å²) in [4.78, 5) is 8.71. The second-order valence-electron chi connectivity index (χ2n) is 6.00. The van der Waals surface area contributed by atoms with E-state index in [1.807, 2.05) is 11.3 Å². The molecule has 0 radical (unpaired) electrons. The number of thiazole rings is 1. The summed E-state index contributed by atoms with van der Waals surface area (Å²) in [5, 5.41) is 4.62. The highest BCUT2D eigenvalue weighted by Gasteiger charge is 2.30. The zero-order valence-corrected chi connectivity index (χ0v) is 13.7. The van der Waals surface area contributed by atoms with E-state index in [1.54, 1.807) is 0 Å². The van der Waals surface area contributed by atoms with Crippen molar-refractivity contribution >= 4 is 16.5 Å². The van der Waals surface area contributed by atoms with Crippen LogP contribution in [-0.2, 0) is 6.54 Å². The van der Waals surface area contributed by atoms with Crippen LogP contribution in [0.5, 0.6) is 0 Å². The Balaban J connectivity index is 2.16. The van der Waals surface area contributed by atoms with Crippen molar-refractivity contribution in [2.45, 2.75) is 53.6 Å². The number of aryl methyl sites for hydroxylation is 1. The van der Waals surface area contributed by atoms with Gasteiger partial charge in [-0.3, -0.25) is 0 Å². The molecule has 1 saturated heterocycles. The number of hydrogen-bond donors (Lipinski definition) is 1. The molecule has 3 unspecified atom stereocenters. The standard InChI is InChI=1S/C15H27N3S/c1-6-16-8-14-12(4)17-15(19-14)18-9-10(2)7-11(3)13(18)5/h10-11,13,16H,6-9H2,1-5H3. The molecule has 108 valence electrons. The van der Waals surface area contributed by atoms with Crippen molar-refractivity contribution in [3.63, 3.8) is 0 Å². The van der Waals surface area contributed by atoms with Crippen molar-refractivity contribution in [1.82, 2.24) is 10.3 Å². The van der Waals surface area contributed by atoms with E-state index < -0.39 is 0 Å². The summed E-state index contributed by atoms with van der Waals surface area (Å²) in [6.07, 6.45) is 1.34. The smallest absolute Gasteiger partial charge is 0.186 e. The van der Waals surface area contributed by atoms with E-state index >= 15 is 0 Å². The van der Waals surface area contributed by atoms with Crippen LogP contribution < -0.4 is 10.2 Å². The van der Waals surface area contributed by atoms with Crippen molar-refractivity contribution in [2.75, 3.05) is 18.0 Å². The minimum absolute atomic E-state index is 0.605. The molecule has 1 aliphatic heterocycles. The summed E-state index contributed by atoms with van der Waals surface area (Å²) in [6.45, 7) is 14.5. The maximum atomic E-state index is 4.81. The van der Waals surface area contributed by atoms with Crippen LogP contribution >= 0.6 is 11.3 Å². The summed E-state index contributed by atoms with van der Waals surface area (Å²) >= 11 is 1.87. The fourth-order valence-corrected chi connectivity index (χ4v) is 4.03. The topological polar surface area (TPSA) is 28.2 Å². The molecule has 0 bridgehead atoms. The predicted octanol–water partition coefficient (Wildman–Crippen LogP) is 3.43. The van der Waals surface area contributed by atoms with Crippen molar-refractivity contribution in [3.05, 3.63) is 10.6 Å². The van der Waals surface area contributed by atoms with Crippen molar-refractivity contribution < 1.29 is 0 Å². The van der Waals surface area contributed by atoms with Gasteiger partial charge in [-0.2, -0.15) is 0 Å². The molecule has 1 aromatic heterocycles. The summed E-state index contributed by atoms with van der Waals surface area (Å²) in [6, 6.07) is 0.605. The molecule has 4 heteroatoms. The quantitative estimate of drug-likeness (QED) is 0.916. The van der Waals surface area contributed by atoms with Crippen LogP contribution in [0.25, 0.3) is 0 Å². The van der Waals surface area contributed by atoms with Crippen LogP contribution in [0.3, 0.4) is 0 Å². The SMILES string of the molecule is CCNCc1sc(N2CC(C)CC(C)C2C)nc1C. The number of rotatable bonds is 4. The third kappa shape index (κ3) is 3.29. The summed E-state index contributed by atoms with van der Waals surface area (Å²) in [7, 11) is 0. The van der Waals surface area contributed by atoms with Crippen LogP contribution in [0.2, 0.25) is 0 Å². The molecular formula is C15H27N3S. The molecule has 0 aliphatic carbocycles. The number of nitrogens with one attached hydrogen (secondary N) is 1. The van der Waals surface area contributed by atoms with Gasteiger partial charge in [-0.05, 0) is 38.6 Å². The van der Waals surface area contributed by atoms with Crippen LogP contribution in [0.1, 0.15) is 44.7 Å². The first-order valence-electron chi connectivity index (χ1n) is 7.46. The molecule has 2 heterocycles. The van der Waals surface area contributed by atoms with Gasteiger partial charge in [0.25, 0.3) is 0 Å². The minimum Gasteiger partial charge on any atom is -0.345 e. The van der Waals surface area contributed by atoms with E-state index in [0.29, 0.717) is 6.04 Å².